The number of anilines is 1. The normalized spacial score (nSPS) is 17.0. The van der Waals surface area contributed by atoms with Crippen molar-refractivity contribution in [2.45, 2.75) is 45.6 Å². The smallest absolute Gasteiger partial charge is 0.335 e. The number of aryl methyl sites for hydroxylation is 1. The molecule has 3 heteroatoms. The number of benzene rings is 1. The van der Waals surface area contributed by atoms with Gasteiger partial charge in [-0.3, -0.25) is 0 Å². The first-order valence-electron chi connectivity index (χ1n) is 6.66. The standard InChI is InChI=1S/C15H21NO2/c1-10-8-13(15(17)18)6-7-14(10)16-11(2)9-12-4-3-5-12/h6-8,11-12,16H,3-5,9H2,1-2H3,(H,17,18). The van der Waals surface area contributed by atoms with Crippen LogP contribution in [0.4, 0.5) is 5.69 Å². The average Bonchev–Trinajstić information content (AvgIpc) is 2.26. The van der Waals surface area contributed by atoms with E-state index in [4.69, 9.17) is 5.11 Å². The quantitative estimate of drug-likeness (QED) is 0.834. The number of aromatic carboxylic acids is 1. The van der Waals surface area contributed by atoms with E-state index in [2.05, 4.69) is 12.2 Å². The third kappa shape index (κ3) is 3.03. The largest absolute Gasteiger partial charge is 0.478 e. The Kier molecular flexibility index (Phi) is 3.90. The molecule has 1 aromatic rings. The lowest BCUT2D eigenvalue weighted by molar-refractivity contribution is 0.0697. The lowest BCUT2D eigenvalue weighted by Crippen LogP contribution is -2.23. The first kappa shape index (κ1) is 12.9. The Morgan fingerprint density at radius 3 is 2.72 bits per heavy atom. The van der Waals surface area contributed by atoms with Gasteiger partial charge in [0.15, 0.2) is 0 Å². The molecule has 98 valence electrons. The Morgan fingerprint density at radius 1 is 1.50 bits per heavy atom. The first-order valence-corrected chi connectivity index (χ1v) is 6.66. The topological polar surface area (TPSA) is 49.3 Å². The van der Waals surface area contributed by atoms with Crippen LogP contribution in [0.2, 0.25) is 0 Å². The van der Waals surface area contributed by atoms with Crippen molar-refractivity contribution in [3.05, 3.63) is 29.3 Å². The molecular formula is C15H21NO2. The van der Waals surface area contributed by atoms with E-state index in [-0.39, 0.29) is 0 Å². The lowest BCUT2D eigenvalue weighted by atomic mass is 9.81. The van der Waals surface area contributed by atoms with Gasteiger partial charge < -0.3 is 10.4 Å². The minimum absolute atomic E-state index is 0.352. The van der Waals surface area contributed by atoms with Crippen LogP contribution < -0.4 is 5.32 Å². The Balaban J connectivity index is 1.97. The van der Waals surface area contributed by atoms with Gasteiger partial charge in [0, 0.05) is 11.7 Å². The van der Waals surface area contributed by atoms with Crippen molar-refractivity contribution in [1.82, 2.24) is 0 Å². The minimum Gasteiger partial charge on any atom is -0.478 e. The van der Waals surface area contributed by atoms with Gasteiger partial charge in [-0.1, -0.05) is 19.3 Å². The van der Waals surface area contributed by atoms with Gasteiger partial charge in [-0.2, -0.15) is 0 Å². The van der Waals surface area contributed by atoms with Crippen molar-refractivity contribution in [1.29, 1.82) is 0 Å². The zero-order valence-electron chi connectivity index (χ0n) is 11.1. The van der Waals surface area contributed by atoms with Crippen molar-refractivity contribution in [2.24, 2.45) is 5.92 Å². The summed E-state index contributed by atoms with van der Waals surface area (Å²) in [7, 11) is 0. The Morgan fingerprint density at radius 2 is 2.22 bits per heavy atom. The molecule has 1 aliphatic rings. The molecule has 0 aliphatic heterocycles. The maximum atomic E-state index is 10.9. The van der Waals surface area contributed by atoms with E-state index in [0.29, 0.717) is 11.6 Å². The molecule has 2 N–H and O–H groups in total. The number of carboxylic acid groups (broad SMARTS) is 1. The van der Waals surface area contributed by atoms with Crippen LogP contribution in [0.3, 0.4) is 0 Å². The lowest BCUT2D eigenvalue weighted by Gasteiger charge is -2.29. The molecule has 0 amide bonds. The highest BCUT2D eigenvalue weighted by Gasteiger charge is 2.20. The van der Waals surface area contributed by atoms with Gasteiger partial charge in [-0.15, -0.1) is 0 Å². The van der Waals surface area contributed by atoms with Crippen LogP contribution in [0.25, 0.3) is 0 Å². The van der Waals surface area contributed by atoms with E-state index < -0.39 is 5.97 Å². The van der Waals surface area contributed by atoms with Crippen molar-refractivity contribution in [3.8, 4) is 0 Å². The fourth-order valence-corrected chi connectivity index (χ4v) is 2.51. The molecule has 0 aromatic heterocycles. The molecule has 1 aromatic carbocycles. The van der Waals surface area contributed by atoms with Crippen LogP contribution in [0, 0.1) is 12.8 Å². The van der Waals surface area contributed by atoms with E-state index in [0.717, 1.165) is 17.2 Å². The highest BCUT2D eigenvalue weighted by Crippen LogP contribution is 2.31. The molecule has 0 saturated heterocycles. The van der Waals surface area contributed by atoms with Gasteiger partial charge >= 0.3 is 5.97 Å². The maximum absolute atomic E-state index is 10.9. The molecule has 1 atom stereocenters. The van der Waals surface area contributed by atoms with Crippen molar-refractivity contribution in [2.75, 3.05) is 5.32 Å². The molecule has 0 heterocycles. The Hall–Kier alpha value is -1.51. The van der Waals surface area contributed by atoms with Crippen molar-refractivity contribution in [3.63, 3.8) is 0 Å². The van der Waals surface area contributed by atoms with Gasteiger partial charge in [-0.05, 0) is 49.9 Å². The number of hydrogen-bond acceptors (Lipinski definition) is 2. The summed E-state index contributed by atoms with van der Waals surface area (Å²) in [5, 5.41) is 12.4. The third-order valence-corrected chi connectivity index (χ3v) is 3.79. The van der Waals surface area contributed by atoms with Gasteiger partial charge in [0.1, 0.15) is 0 Å². The molecule has 1 fully saturated rings. The van der Waals surface area contributed by atoms with E-state index >= 15 is 0 Å². The fourth-order valence-electron chi connectivity index (χ4n) is 2.51. The van der Waals surface area contributed by atoms with Gasteiger partial charge in [0.25, 0.3) is 0 Å². The van der Waals surface area contributed by atoms with Crippen LogP contribution in [0.5, 0.6) is 0 Å². The second kappa shape index (κ2) is 5.42. The van der Waals surface area contributed by atoms with Gasteiger partial charge in [-0.25, -0.2) is 4.79 Å². The number of carboxylic acids is 1. The molecular weight excluding hydrogens is 226 g/mol. The summed E-state index contributed by atoms with van der Waals surface area (Å²) in [5.41, 5.74) is 2.40. The zero-order valence-corrected chi connectivity index (χ0v) is 11.1. The molecule has 3 nitrogen and oxygen atoms in total. The summed E-state index contributed by atoms with van der Waals surface area (Å²) in [5.74, 6) is 0.0123. The number of nitrogens with one attached hydrogen (secondary N) is 1. The fraction of sp³-hybridized carbons (Fsp3) is 0.533. The van der Waals surface area contributed by atoms with Gasteiger partial charge in [0.05, 0.1) is 5.56 Å². The maximum Gasteiger partial charge on any atom is 0.335 e. The summed E-state index contributed by atoms with van der Waals surface area (Å²) in [6, 6.07) is 5.70. The molecule has 1 unspecified atom stereocenters. The second-order valence-corrected chi connectivity index (χ2v) is 5.41. The number of rotatable bonds is 5. The molecule has 0 spiro atoms. The van der Waals surface area contributed by atoms with Crippen LogP contribution in [0.1, 0.15) is 48.5 Å². The predicted octanol–water partition coefficient (Wildman–Crippen LogP) is 3.68. The number of hydrogen-bond donors (Lipinski definition) is 2. The summed E-state index contributed by atoms with van der Waals surface area (Å²) >= 11 is 0. The van der Waals surface area contributed by atoms with Crippen LogP contribution >= 0.6 is 0 Å². The molecule has 1 aliphatic carbocycles. The molecule has 18 heavy (non-hydrogen) atoms. The summed E-state index contributed by atoms with van der Waals surface area (Å²) in [6.45, 7) is 4.15. The Bertz CT molecular complexity index is 438. The summed E-state index contributed by atoms with van der Waals surface area (Å²) < 4.78 is 0. The van der Waals surface area contributed by atoms with Crippen molar-refractivity contribution >= 4 is 11.7 Å². The second-order valence-electron chi connectivity index (χ2n) is 5.41. The molecule has 2 rings (SSSR count). The predicted molar refractivity (Wildman–Crippen MR) is 73.2 cm³/mol. The van der Waals surface area contributed by atoms with Gasteiger partial charge in [0.2, 0.25) is 0 Å². The van der Waals surface area contributed by atoms with E-state index in [9.17, 15) is 4.79 Å². The highest BCUT2D eigenvalue weighted by atomic mass is 16.4. The van der Waals surface area contributed by atoms with E-state index in [1.165, 1.54) is 25.7 Å². The SMILES string of the molecule is Cc1cc(C(=O)O)ccc1NC(C)CC1CCC1. The number of carbonyl (C=O) groups is 1. The third-order valence-electron chi connectivity index (χ3n) is 3.79. The minimum atomic E-state index is -0.868. The summed E-state index contributed by atoms with van der Waals surface area (Å²) in [4.78, 5) is 10.9. The van der Waals surface area contributed by atoms with Crippen molar-refractivity contribution < 1.29 is 9.90 Å². The van der Waals surface area contributed by atoms with Crippen LogP contribution in [0.15, 0.2) is 18.2 Å². The summed E-state index contributed by atoms with van der Waals surface area (Å²) in [6.07, 6.45) is 5.32. The van der Waals surface area contributed by atoms with E-state index in [1.54, 1.807) is 12.1 Å². The average molecular weight is 247 g/mol. The van der Waals surface area contributed by atoms with Crippen LogP contribution in [-0.4, -0.2) is 17.1 Å². The highest BCUT2D eigenvalue weighted by molar-refractivity contribution is 5.88. The monoisotopic (exact) mass is 247 g/mol. The zero-order chi connectivity index (χ0) is 13.1. The molecule has 1 saturated carbocycles. The molecule has 0 radical (unpaired) electrons. The molecule has 0 bridgehead atoms. The first-order chi connectivity index (χ1) is 8.56. The van der Waals surface area contributed by atoms with E-state index in [1.807, 2.05) is 13.0 Å². The Labute approximate surface area is 108 Å². The van der Waals surface area contributed by atoms with Crippen LogP contribution in [-0.2, 0) is 0 Å².